The first-order valence-corrected chi connectivity index (χ1v) is 8.22. The summed E-state index contributed by atoms with van der Waals surface area (Å²) in [6.07, 6.45) is -3.80. The van der Waals surface area contributed by atoms with Gasteiger partial charge < -0.3 is 24.1 Å². The van der Waals surface area contributed by atoms with E-state index < -0.39 is 60.3 Å². The number of aromatic nitrogens is 2. The van der Waals surface area contributed by atoms with Crippen LogP contribution < -0.4 is 11.2 Å². The lowest BCUT2D eigenvalue weighted by molar-refractivity contribution is -0.166. The number of aromatic amines is 1. The molecule has 2 heterocycles. The number of hydrogen-bond donors (Lipinski definition) is 2. The molecule has 1 aliphatic rings. The second-order valence-electron chi connectivity index (χ2n) is 5.99. The largest absolute Gasteiger partial charge is 0.463 e. The maximum absolute atomic E-state index is 12.2. The number of rotatable bonds is 6. The molecule has 0 spiro atoms. The summed E-state index contributed by atoms with van der Waals surface area (Å²) in [6.45, 7) is 2.39. The number of nitrogens with zero attached hydrogens (tertiary/aromatic N) is 1. The van der Waals surface area contributed by atoms with Crippen LogP contribution in [0.3, 0.4) is 0 Å². The van der Waals surface area contributed by atoms with Gasteiger partial charge in [-0.1, -0.05) is 0 Å². The first-order valence-electron chi connectivity index (χ1n) is 8.22. The molecule has 1 aromatic heterocycles. The summed E-state index contributed by atoms with van der Waals surface area (Å²) in [5.74, 6) is -2.09. The molecule has 28 heavy (non-hydrogen) atoms. The van der Waals surface area contributed by atoms with Gasteiger partial charge in [0.25, 0.3) is 5.56 Å². The molecule has 0 aliphatic carbocycles. The lowest BCUT2D eigenvalue weighted by Gasteiger charge is -2.24. The van der Waals surface area contributed by atoms with Crippen LogP contribution in [-0.4, -0.2) is 57.5 Å². The van der Waals surface area contributed by atoms with E-state index in [1.165, 1.54) is 0 Å². The van der Waals surface area contributed by atoms with Crippen LogP contribution in [0.25, 0.3) is 0 Å². The van der Waals surface area contributed by atoms with E-state index in [0.29, 0.717) is 0 Å². The van der Waals surface area contributed by atoms with Crippen LogP contribution in [0.2, 0.25) is 0 Å². The number of esters is 3. The van der Waals surface area contributed by atoms with Gasteiger partial charge in [-0.3, -0.25) is 28.7 Å². The molecule has 0 amide bonds. The van der Waals surface area contributed by atoms with Gasteiger partial charge in [-0.25, -0.2) is 4.79 Å². The predicted octanol–water partition coefficient (Wildman–Crippen LogP) is -1.65. The van der Waals surface area contributed by atoms with E-state index >= 15 is 0 Å². The summed E-state index contributed by atoms with van der Waals surface area (Å²) in [7, 11) is 0. The van der Waals surface area contributed by atoms with Gasteiger partial charge in [0.05, 0.1) is 12.2 Å². The van der Waals surface area contributed by atoms with E-state index in [-0.39, 0.29) is 12.2 Å². The van der Waals surface area contributed by atoms with Crippen LogP contribution >= 0.6 is 0 Å². The number of carbonyl (C=O) groups excluding carboxylic acids is 3. The fourth-order valence-corrected chi connectivity index (χ4v) is 2.75. The van der Waals surface area contributed by atoms with Crippen LogP contribution in [-0.2, 0) is 39.9 Å². The summed E-state index contributed by atoms with van der Waals surface area (Å²) in [4.78, 5) is 60.1. The third kappa shape index (κ3) is 4.84. The minimum absolute atomic E-state index is 0.141. The fraction of sp³-hybridized carbons (Fsp3) is 0.562. The van der Waals surface area contributed by atoms with Gasteiger partial charge in [-0.05, 0) is 0 Å². The molecule has 0 radical (unpaired) electrons. The molecule has 0 bridgehead atoms. The molecule has 1 aliphatic heterocycles. The lowest BCUT2D eigenvalue weighted by atomic mass is 10.1. The zero-order chi connectivity index (χ0) is 21.0. The Bertz CT molecular complexity index is 873. The maximum Gasteiger partial charge on any atom is 0.330 e. The highest BCUT2D eigenvalue weighted by molar-refractivity contribution is 5.68. The van der Waals surface area contributed by atoms with Crippen molar-refractivity contribution in [2.45, 2.75) is 51.9 Å². The molecule has 1 aromatic rings. The highest BCUT2D eigenvalue weighted by Crippen LogP contribution is 2.33. The van der Waals surface area contributed by atoms with E-state index in [9.17, 15) is 29.1 Å². The third-order valence-corrected chi connectivity index (χ3v) is 3.83. The van der Waals surface area contributed by atoms with Gasteiger partial charge in [0, 0.05) is 27.0 Å². The summed E-state index contributed by atoms with van der Waals surface area (Å²) in [5.41, 5.74) is -1.84. The average Bonchev–Trinajstić information content (AvgIpc) is 2.89. The Balaban J connectivity index is 2.49. The summed E-state index contributed by atoms with van der Waals surface area (Å²) < 4.78 is 21.8. The van der Waals surface area contributed by atoms with Crippen molar-refractivity contribution in [1.82, 2.24) is 9.55 Å². The van der Waals surface area contributed by atoms with Crippen molar-refractivity contribution >= 4 is 17.9 Å². The van der Waals surface area contributed by atoms with Crippen molar-refractivity contribution in [3.8, 4) is 0 Å². The Labute approximate surface area is 158 Å². The van der Waals surface area contributed by atoms with Gasteiger partial charge in [-0.2, -0.15) is 0 Å². The van der Waals surface area contributed by atoms with E-state index in [1.54, 1.807) is 0 Å². The molecule has 12 heteroatoms. The normalized spacial score (nSPS) is 23.9. The predicted molar refractivity (Wildman–Crippen MR) is 88.9 cm³/mol. The number of aliphatic hydroxyl groups is 1. The van der Waals surface area contributed by atoms with Crippen LogP contribution in [0.5, 0.6) is 0 Å². The smallest absolute Gasteiger partial charge is 0.330 e. The molecule has 12 nitrogen and oxygen atoms in total. The molecule has 1 saturated heterocycles. The maximum atomic E-state index is 12.2. The number of ether oxygens (including phenoxy) is 4. The summed E-state index contributed by atoms with van der Waals surface area (Å²) >= 11 is 0. The minimum Gasteiger partial charge on any atom is -0.463 e. The Morgan fingerprint density at radius 3 is 2.25 bits per heavy atom. The molecular formula is C16H20N2O10. The monoisotopic (exact) mass is 400 g/mol. The van der Waals surface area contributed by atoms with Crippen molar-refractivity contribution < 1.29 is 38.4 Å². The Kier molecular flexibility index (Phi) is 6.70. The number of H-pyrrole nitrogens is 1. The zero-order valence-corrected chi connectivity index (χ0v) is 15.4. The van der Waals surface area contributed by atoms with Crippen molar-refractivity contribution in [3.63, 3.8) is 0 Å². The van der Waals surface area contributed by atoms with Gasteiger partial charge in [-0.15, -0.1) is 0 Å². The van der Waals surface area contributed by atoms with E-state index in [4.69, 9.17) is 18.9 Å². The second kappa shape index (κ2) is 8.80. The van der Waals surface area contributed by atoms with Gasteiger partial charge >= 0.3 is 23.6 Å². The molecule has 1 unspecified atom stereocenters. The number of aliphatic hydroxyl groups excluding tert-OH is 1. The highest BCUT2D eigenvalue weighted by Gasteiger charge is 2.51. The van der Waals surface area contributed by atoms with E-state index in [2.05, 4.69) is 0 Å². The Hall–Kier alpha value is -2.99. The Morgan fingerprint density at radius 2 is 1.71 bits per heavy atom. The average molecular weight is 400 g/mol. The molecule has 2 N–H and O–H groups in total. The van der Waals surface area contributed by atoms with Crippen molar-refractivity contribution in [1.29, 1.82) is 0 Å². The van der Waals surface area contributed by atoms with E-state index in [0.717, 1.165) is 31.5 Å². The molecular weight excluding hydrogens is 380 g/mol. The standard InChI is InChI=1S/C16H20N2O10/c1-7(20)25-6-11-12(26-8(2)21)13(27-9(3)22)15(28-11)18-4-10(5-19)14(23)17-16(18)24/h4,11-13,15,19H,5-6H2,1-3H3,(H,17,23,24)/t11-,12+,13?,15-/m1/s1. The quantitative estimate of drug-likeness (QED) is 0.418. The summed E-state index contributed by atoms with van der Waals surface area (Å²) in [5, 5.41) is 9.27. The highest BCUT2D eigenvalue weighted by atomic mass is 16.7. The topological polar surface area (TPSA) is 163 Å². The first kappa shape index (κ1) is 21.3. The molecule has 2 rings (SSSR count). The molecule has 0 saturated carbocycles. The van der Waals surface area contributed by atoms with Gasteiger partial charge in [0.15, 0.2) is 18.4 Å². The third-order valence-electron chi connectivity index (χ3n) is 3.83. The SMILES string of the molecule is CC(=O)OC[C@H]1O[C@@H](n2cc(CO)c(=O)[nH]c2=O)C(OC(C)=O)[C@H]1OC(C)=O. The summed E-state index contributed by atoms with van der Waals surface area (Å²) in [6, 6.07) is 0. The fourth-order valence-electron chi connectivity index (χ4n) is 2.75. The number of nitrogens with one attached hydrogen (secondary N) is 1. The molecule has 4 atom stereocenters. The minimum atomic E-state index is -1.32. The molecule has 1 fully saturated rings. The van der Waals surface area contributed by atoms with Crippen molar-refractivity contribution in [2.24, 2.45) is 0 Å². The van der Waals surface area contributed by atoms with Gasteiger partial charge in [0.2, 0.25) is 0 Å². The molecule has 0 aromatic carbocycles. The van der Waals surface area contributed by atoms with Crippen LogP contribution in [0.1, 0.15) is 32.6 Å². The van der Waals surface area contributed by atoms with Crippen LogP contribution in [0, 0.1) is 0 Å². The van der Waals surface area contributed by atoms with Crippen LogP contribution in [0.15, 0.2) is 15.8 Å². The first-order chi connectivity index (χ1) is 13.1. The zero-order valence-electron chi connectivity index (χ0n) is 15.4. The van der Waals surface area contributed by atoms with E-state index in [1.807, 2.05) is 4.98 Å². The molecule has 154 valence electrons. The van der Waals surface area contributed by atoms with Crippen molar-refractivity contribution in [3.05, 3.63) is 32.6 Å². The van der Waals surface area contributed by atoms with Crippen LogP contribution in [0.4, 0.5) is 0 Å². The van der Waals surface area contributed by atoms with Gasteiger partial charge in [0.1, 0.15) is 12.7 Å². The number of carbonyl (C=O) groups is 3. The number of hydrogen-bond acceptors (Lipinski definition) is 10. The second-order valence-corrected chi connectivity index (χ2v) is 5.99. The van der Waals surface area contributed by atoms with Crippen molar-refractivity contribution in [2.75, 3.05) is 6.61 Å². The Morgan fingerprint density at radius 1 is 1.11 bits per heavy atom. The lowest BCUT2D eigenvalue weighted by Crippen LogP contribution is -2.42.